The van der Waals surface area contributed by atoms with Gasteiger partial charge >= 0.3 is 0 Å². The third-order valence-corrected chi connectivity index (χ3v) is 4.23. The number of nitrogens with zero attached hydrogens (tertiary/aromatic N) is 1. The van der Waals surface area contributed by atoms with Gasteiger partial charge in [-0.25, -0.2) is 0 Å². The van der Waals surface area contributed by atoms with E-state index < -0.39 is 0 Å². The lowest BCUT2D eigenvalue weighted by atomic mass is 10.0. The summed E-state index contributed by atoms with van der Waals surface area (Å²) in [4.78, 5) is 4.45. The predicted molar refractivity (Wildman–Crippen MR) is 90.0 cm³/mol. The van der Waals surface area contributed by atoms with Gasteiger partial charge in [0, 0.05) is 18.1 Å². The second-order valence-electron chi connectivity index (χ2n) is 5.21. The molecule has 0 bridgehead atoms. The SMILES string of the molecule is Cc1cccc(CNc2ccc(Cl)c3cccnc23)c1C. The first-order chi connectivity index (χ1) is 10.2. The van der Waals surface area contributed by atoms with Crippen LogP contribution in [0, 0.1) is 13.8 Å². The van der Waals surface area contributed by atoms with Crippen molar-refractivity contribution < 1.29 is 0 Å². The summed E-state index contributed by atoms with van der Waals surface area (Å²) in [5.74, 6) is 0. The van der Waals surface area contributed by atoms with Crippen LogP contribution in [0.2, 0.25) is 5.02 Å². The molecule has 3 aromatic rings. The number of rotatable bonds is 3. The largest absolute Gasteiger partial charge is 0.379 e. The number of anilines is 1. The third kappa shape index (κ3) is 2.72. The van der Waals surface area contributed by atoms with Gasteiger partial charge in [-0.3, -0.25) is 4.98 Å². The number of hydrogen-bond donors (Lipinski definition) is 1. The summed E-state index contributed by atoms with van der Waals surface area (Å²) >= 11 is 6.22. The molecular weight excluding hydrogens is 280 g/mol. The number of halogens is 1. The lowest BCUT2D eigenvalue weighted by Crippen LogP contribution is -2.03. The molecule has 0 unspecified atom stereocenters. The van der Waals surface area contributed by atoms with Crippen molar-refractivity contribution in [1.29, 1.82) is 0 Å². The van der Waals surface area contributed by atoms with Gasteiger partial charge in [0.2, 0.25) is 0 Å². The van der Waals surface area contributed by atoms with Crippen molar-refractivity contribution in [3.05, 3.63) is 70.4 Å². The number of nitrogens with one attached hydrogen (secondary N) is 1. The molecule has 0 spiro atoms. The Bertz CT molecular complexity index is 796. The highest BCUT2D eigenvalue weighted by atomic mass is 35.5. The summed E-state index contributed by atoms with van der Waals surface area (Å²) < 4.78 is 0. The van der Waals surface area contributed by atoms with Crippen molar-refractivity contribution in [3.8, 4) is 0 Å². The molecule has 0 aliphatic rings. The zero-order chi connectivity index (χ0) is 14.8. The summed E-state index contributed by atoms with van der Waals surface area (Å²) in [5.41, 5.74) is 5.87. The minimum absolute atomic E-state index is 0.732. The molecule has 0 aliphatic heterocycles. The Balaban J connectivity index is 1.92. The van der Waals surface area contributed by atoms with E-state index in [1.54, 1.807) is 6.20 Å². The fourth-order valence-corrected chi connectivity index (χ4v) is 2.69. The highest BCUT2D eigenvalue weighted by molar-refractivity contribution is 6.35. The molecule has 0 saturated carbocycles. The first-order valence-electron chi connectivity index (χ1n) is 6.99. The van der Waals surface area contributed by atoms with E-state index in [0.717, 1.165) is 28.2 Å². The molecule has 1 N–H and O–H groups in total. The van der Waals surface area contributed by atoms with Crippen LogP contribution in [-0.2, 0) is 6.54 Å². The Morgan fingerprint density at radius 1 is 1.05 bits per heavy atom. The molecule has 0 atom stereocenters. The quantitative estimate of drug-likeness (QED) is 0.726. The molecule has 21 heavy (non-hydrogen) atoms. The molecule has 0 saturated heterocycles. The van der Waals surface area contributed by atoms with Gasteiger partial charge in [-0.05, 0) is 54.8 Å². The maximum Gasteiger partial charge on any atom is 0.0948 e. The molecule has 3 heteroatoms. The molecule has 2 nitrogen and oxygen atoms in total. The topological polar surface area (TPSA) is 24.9 Å². The van der Waals surface area contributed by atoms with Crippen LogP contribution in [-0.4, -0.2) is 4.98 Å². The van der Waals surface area contributed by atoms with E-state index in [-0.39, 0.29) is 0 Å². The first-order valence-corrected chi connectivity index (χ1v) is 7.37. The number of benzene rings is 2. The van der Waals surface area contributed by atoms with Crippen LogP contribution >= 0.6 is 11.6 Å². The number of pyridine rings is 1. The van der Waals surface area contributed by atoms with Gasteiger partial charge in [0.15, 0.2) is 0 Å². The van der Waals surface area contributed by atoms with Gasteiger partial charge < -0.3 is 5.32 Å². The summed E-state index contributed by atoms with van der Waals surface area (Å²) in [5, 5.41) is 5.19. The molecule has 0 radical (unpaired) electrons. The molecule has 1 heterocycles. The second-order valence-corrected chi connectivity index (χ2v) is 5.61. The van der Waals surface area contributed by atoms with Gasteiger partial charge in [0.25, 0.3) is 0 Å². The lowest BCUT2D eigenvalue weighted by molar-refractivity contribution is 1.10. The highest BCUT2D eigenvalue weighted by Crippen LogP contribution is 2.28. The summed E-state index contributed by atoms with van der Waals surface area (Å²) in [6.07, 6.45) is 1.79. The summed E-state index contributed by atoms with van der Waals surface area (Å²) in [6, 6.07) is 14.2. The van der Waals surface area contributed by atoms with Gasteiger partial charge in [0.05, 0.1) is 16.2 Å². The second kappa shape index (κ2) is 5.74. The number of aryl methyl sites for hydroxylation is 1. The van der Waals surface area contributed by atoms with Crippen LogP contribution in [0.25, 0.3) is 10.9 Å². The van der Waals surface area contributed by atoms with Crippen molar-refractivity contribution in [3.63, 3.8) is 0 Å². The Morgan fingerprint density at radius 2 is 1.90 bits per heavy atom. The smallest absolute Gasteiger partial charge is 0.0948 e. The zero-order valence-electron chi connectivity index (χ0n) is 12.2. The van der Waals surface area contributed by atoms with Crippen molar-refractivity contribution in [2.24, 2.45) is 0 Å². The van der Waals surface area contributed by atoms with E-state index in [1.807, 2.05) is 24.3 Å². The minimum atomic E-state index is 0.732. The van der Waals surface area contributed by atoms with E-state index in [0.29, 0.717) is 0 Å². The van der Waals surface area contributed by atoms with Crippen LogP contribution in [0.15, 0.2) is 48.7 Å². The van der Waals surface area contributed by atoms with E-state index in [1.165, 1.54) is 16.7 Å². The molecule has 106 valence electrons. The molecule has 0 amide bonds. The maximum atomic E-state index is 6.22. The van der Waals surface area contributed by atoms with E-state index in [2.05, 4.69) is 42.3 Å². The molecular formula is C18H17ClN2. The number of fused-ring (bicyclic) bond motifs is 1. The lowest BCUT2D eigenvalue weighted by Gasteiger charge is -2.12. The first kappa shape index (κ1) is 13.9. The third-order valence-electron chi connectivity index (χ3n) is 3.90. The highest BCUT2D eigenvalue weighted by Gasteiger charge is 2.06. The normalized spacial score (nSPS) is 10.8. The van der Waals surface area contributed by atoms with Gasteiger partial charge in [-0.15, -0.1) is 0 Å². The molecule has 2 aromatic carbocycles. The Labute approximate surface area is 129 Å². The maximum absolute atomic E-state index is 6.22. The fraction of sp³-hybridized carbons (Fsp3) is 0.167. The van der Waals surface area contributed by atoms with Gasteiger partial charge in [-0.2, -0.15) is 0 Å². The zero-order valence-corrected chi connectivity index (χ0v) is 12.9. The monoisotopic (exact) mass is 296 g/mol. The summed E-state index contributed by atoms with van der Waals surface area (Å²) in [6.45, 7) is 5.07. The van der Waals surface area contributed by atoms with Crippen LogP contribution < -0.4 is 5.32 Å². The van der Waals surface area contributed by atoms with E-state index in [9.17, 15) is 0 Å². The van der Waals surface area contributed by atoms with Crippen LogP contribution in [0.5, 0.6) is 0 Å². The number of aromatic nitrogens is 1. The van der Waals surface area contributed by atoms with Crippen LogP contribution in [0.3, 0.4) is 0 Å². The average Bonchev–Trinajstić information content (AvgIpc) is 2.51. The van der Waals surface area contributed by atoms with Crippen LogP contribution in [0.4, 0.5) is 5.69 Å². The standard InChI is InChI=1S/C18H17ClN2/c1-12-5-3-6-14(13(12)2)11-21-17-9-8-16(19)15-7-4-10-20-18(15)17/h3-10,21H,11H2,1-2H3. The Morgan fingerprint density at radius 3 is 2.76 bits per heavy atom. The predicted octanol–water partition coefficient (Wildman–Crippen LogP) is 5.12. The van der Waals surface area contributed by atoms with E-state index >= 15 is 0 Å². The molecule has 0 aliphatic carbocycles. The fourth-order valence-electron chi connectivity index (χ4n) is 2.47. The van der Waals surface area contributed by atoms with Gasteiger partial charge in [0.1, 0.15) is 0 Å². The van der Waals surface area contributed by atoms with Crippen molar-refractivity contribution in [1.82, 2.24) is 4.98 Å². The van der Waals surface area contributed by atoms with Crippen LogP contribution in [0.1, 0.15) is 16.7 Å². The van der Waals surface area contributed by atoms with Crippen molar-refractivity contribution in [2.45, 2.75) is 20.4 Å². The average molecular weight is 297 g/mol. The van der Waals surface area contributed by atoms with Crippen molar-refractivity contribution >= 4 is 28.2 Å². The minimum Gasteiger partial charge on any atom is -0.379 e. The Hall–Kier alpha value is -2.06. The van der Waals surface area contributed by atoms with Gasteiger partial charge in [-0.1, -0.05) is 29.8 Å². The molecule has 0 fully saturated rings. The summed E-state index contributed by atoms with van der Waals surface area (Å²) in [7, 11) is 0. The number of hydrogen-bond acceptors (Lipinski definition) is 2. The Kier molecular flexibility index (Phi) is 3.80. The molecule has 3 rings (SSSR count). The molecule has 1 aromatic heterocycles. The van der Waals surface area contributed by atoms with E-state index in [4.69, 9.17) is 11.6 Å². The van der Waals surface area contributed by atoms with Crippen molar-refractivity contribution in [2.75, 3.05) is 5.32 Å².